The maximum absolute atomic E-state index is 10.0. The van der Waals surface area contributed by atoms with Gasteiger partial charge in [0.2, 0.25) is 0 Å². The Morgan fingerprint density at radius 1 is 0.721 bits per heavy atom. The third-order valence-corrected chi connectivity index (χ3v) is 8.00. The highest BCUT2D eigenvalue weighted by atomic mass is 16.5. The molecule has 4 aromatic carbocycles. The standard InChI is InChI=1S/C40H46O3/c1-29(2)38(41)26-24-31(4)16-14-15-30(3)23-25-35-32(5)39(42-27-33-17-8-6-9-18-33)36-21-12-13-22-37(36)40(35)43-28-34-19-10-7-11-20-34/h6-13,16-23,38,41H,1,14-15,24-28H2,2-5H3/b30-23+,31-16+. The predicted molar refractivity (Wildman–Crippen MR) is 181 cm³/mol. The molecule has 1 N–H and O–H groups in total. The highest BCUT2D eigenvalue weighted by molar-refractivity contribution is 5.96. The maximum Gasteiger partial charge on any atom is 0.131 e. The highest BCUT2D eigenvalue weighted by Gasteiger charge is 2.19. The van der Waals surface area contributed by atoms with Crippen molar-refractivity contribution in [3.8, 4) is 11.5 Å². The summed E-state index contributed by atoms with van der Waals surface area (Å²) in [5.41, 5.74) is 8.06. The largest absolute Gasteiger partial charge is 0.488 e. The lowest BCUT2D eigenvalue weighted by Gasteiger charge is -2.21. The van der Waals surface area contributed by atoms with Gasteiger partial charge in [-0.05, 0) is 76.5 Å². The summed E-state index contributed by atoms with van der Waals surface area (Å²) in [4.78, 5) is 0. The van der Waals surface area contributed by atoms with E-state index in [9.17, 15) is 5.11 Å². The van der Waals surface area contributed by atoms with E-state index in [1.807, 2.05) is 43.3 Å². The minimum Gasteiger partial charge on any atom is -0.488 e. The quantitative estimate of drug-likeness (QED) is 0.144. The Labute approximate surface area is 258 Å². The average molecular weight is 575 g/mol. The summed E-state index contributed by atoms with van der Waals surface area (Å²) in [6, 6.07) is 29.1. The zero-order valence-corrected chi connectivity index (χ0v) is 26.2. The third-order valence-electron chi connectivity index (χ3n) is 8.00. The van der Waals surface area contributed by atoms with Crippen molar-refractivity contribution >= 4 is 10.8 Å². The van der Waals surface area contributed by atoms with Crippen LogP contribution in [-0.2, 0) is 19.6 Å². The number of fused-ring (bicyclic) bond motifs is 1. The van der Waals surface area contributed by atoms with Crippen molar-refractivity contribution in [2.75, 3.05) is 0 Å². The van der Waals surface area contributed by atoms with Crippen LogP contribution in [0.5, 0.6) is 11.5 Å². The van der Waals surface area contributed by atoms with Crippen LogP contribution in [0.1, 0.15) is 68.7 Å². The van der Waals surface area contributed by atoms with Crippen LogP contribution in [0.3, 0.4) is 0 Å². The second-order valence-corrected chi connectivity index (χ2v) is 11.6. The molecule has 1 atom stereocenters. The van der Waals surface area contributed by atoms with E-state index in [0.29, 0.717) is 13.2 Å². The van der Waals surface area contributed by atoms with E-state index in [0.717, 1.165) is 82.2 Å². The van der Waals surface area contributed by atoms with E-state index >= 15 is 0 Å². The van der Waals surface area contributed by atoms with Gasteiger partial charge in [-0.25, -0.2) is 0 Å². The molecule has 224 valence electrons. The summed E-state index contributed by atoms with van der Waals surface area (Å²) < 4.78 is 13.2. The topological polar surface area (TPSA) is 38.7 Å². The van der Waals surface area contributed by atoms with Crippen molar-refractivity contribution in [3.63, 3.8) is 0 Å². The molecule has 0 spiro atoms. The average Bonchev–Trinajstić information content (AvgIpc) is 3.02. The van der Waals surface area contributed by atoms with Crippen LogP contribution in [0, 0.1) is 6.92 Å². The lowest BCUT2D eigenvalue weighted by atomic mass is 9.95. The van der Waals surface area contributed by atoms with Crippen molar-refractivity contribution in [3.05, 3.63) is 143 Å². The summed E-state index contributed by atoms with van der Waals surface area (Å²) in [5, 5.41) is 12.2. The fourth-order valence-electron chi connectivity index (χ4n) is 5.24. The second-order valence-electron chi connectivity index (χ2n) is 11.6. The van der Waals surface area contributed by atoms with Gasteiger partial charge in [-0.3, -0.25) is 0 Å². The lowest BCUT2D eigenvalue weighted by molar-refractivity contribution is 0.201. The monoisotopic (exact) mass is 574 g/mol. The molecule has 0 aromatic heterocycles. The molecule has 0 aliphatic rings. The minimum absolute atomic E-state index is 0.421. The van der Waals surface area contributed by atoms with Crippen molar-refractivity contribution < 1.29 is 14.6 Å². The molecule has 0 radical (unpaired) electrons. The van der Waals surface area contributed by atoms with Crippen molar-refractivity contribution in [1.29, 1.82) is 0 Å². The number of aliphatic hydroxyl groups is 1. The van der Waals surface area contributed by atoms with Crippen LogP contribution >= 0.6 is 0 Å². The van der Waals surface area contributed by atoms with E-state index in [-0.39, 0.29) is 0 Å². The van der Waals surface area contributed by atoms with Gasteiger partial charge < -0.3 is 14.6 Å². The molecular weight excluding hydrogens is 528 g/mol. The van der Waals surface area contributed by atoms with Gasteiger partial charge in [-0.2, -0.15) is 0 Å². The SMILES string of the molecule is C=C(C)C(O)CC/C(C)=C/CC/C(C)=C/Cc1c(C)c(OCc2ccccc2)c2ccccc2c1OCc1ccccc1. The molecule has 3 nitrogen and oxygen atoms in total. The first-order chi connectivity index (χ1) is 20.8. The van der Waals surface area contributed by atoms with Crippen molar-refractivity contribution in [2.45, 2.75) is 79.1 Å². The Morgan fingerprint density at radius 2 is 1.23 bits per heavy atom. The van der Waals surface area contributed by atoms with Crippen LogP contribution in [0.2, 0.25) is 0 Å². The molecule has 4 rings (SSSR count). The second kappa shape index (κ2) is 16.0. The van der Waals surface area contributed by atoms with Crippen LogP contribution in [0.4, 0.5) is 0 Å². The van der Waals surface area contributed by atoms with E-state index in [4.69, 9.17) is 9.47 Å². The normalized spacial score (nSPS) is 12.8. The molecule has 1 unspecified atom stereocenters. The summed E-state index contributed by atoms with van der Waals surface area (Å²) in [7, 11) is 0. The molecule has 43 heavy (non-hydrogen) atoms. The van der Waals surface area contributed by atoms with Crippen LogP contribution in [0.25, 0.3) is 10.8 Å². The molecule has 4 aromatic rings. The number of aliphatic hydroxyl groups excluding tert-OH is 1. The van der Waals surface area contributed by atoms with E-state index < -0.39 is 6.10 Å². The van der Waals surface area contributed by atoms with Gasteiger partial charge in [0.05, 0.1) is 6.10 Å². The molecule has 0 amide bonds. The van der Waals surface area contributed by atoms with Crippen LogP contribution in [0.15, 0.2) is 120 Å². The zero-order valence-electron chi connectivity index (χ0n) is 26.2. The number of allylic oxidation sites excluding steroid dienone is 4. The Balaban J connectivity index is 1.58. The summed E-state index contributed by atoms with van der Waals surface area (Å²) >= 11 is 0. The minimum atomic E-state index is -0.421. The van der Waals surface area contributed by atoms with Gasteiger partial charge in [0.25, 0.3) is 0 Å². The Hall–Kier alpha value is -4.08. The number of ether oxygens (including phenoxy) is 2. The van der Waals surface area contributed by atoms with E-state index in [1.54, 1.807) is 0 Å². The zero-order chi connectivity index (χ0) is 30.6. The molecule has 0 saturated heterocycles. The van der Waals surface area contributed by atoms with E-state index in [1.165, 1.54) is 11.1 Å². The summed E-state index contributed by atoms with van der Waals surface area (Å²) in [6.45, 7) is 13.3. The Morgan fingerprint density at radius 3 is 1.81 bits per heavy atom. The highest BCUT2D eigenvalue weighted by Crippen LogP contribution is 2.42. The molecule has 0 bridgehead atoms. The third kappa shape index (κ3) is 9.20. The Bertz CT molecular complexity index is 1550. The Kier molecular flexibility index (Phi) is 11.8. The van der Waals surface area contributed by atoms with Crippen LogP contribution in [-0.4, -0.2) is 11.2 Å². The fraction of sp³-hybridized carbons (Fsp3) is 0.300. The van der Waals surface area contributed by atoms with Gasteiger partial charge in [0, 0.05) is 16.3 Å². The molecule has 0 heterocycles. The van der Waals surface area contributed by atoms with Gasteiger partial charge in [0.1, 0.15) is 24.7 Å². The smallest absolute Gasteiger partial charge is 0.131 e. The van der Waals surface area contributed by atoms with Crippen molar-refractivity contribution in [1.82, 2.24) is 0 Å². The van der Waals surface area contributed by atoms with Crippen molar-refractivity contribution in [2.24, 2.45) is 0 Å². The number of hydrogen-bond donors (Lipinski definition) is 1. The molecule has 0 aliphatic heterocycles. The molecular formula is C40H46O3. The molecule has 0 saturated carbocycles. The number of rotatable bonds is 15. The van der Waals surface area contributed by atoms with Gasteiger partial charge >= 0.3 is 0 Å². The first kappa shape index (κ1) is 31.8. The first-order valence-electron chi connectivity index (χ1n) is 15.4. The predicted octanol–water partition coefficient (Wildman–Crippen LogP) is 10.2. The lowest BCUT2D eigenvalue weighted by Crippen LogP contribution is -2.06. The number of hydrogen-bond acceptors (Lipinski definition) is 3. The maximum atomic E-state index is 10.0. The first-order valence-corrected chi connectivity index (χ1v) is 15.4. The fourth-order valence-corrected chi connectivity index (χ4v) is 5.24. The summed E-state index contributed by atoms with van der Waals surface area (Å²) in [6.07, 6.45) is 8.57. The van der Waals surface area contributed by atoms with Crippen LogP contribution < -0.4 is 9.47 Å². The summed E-state index contributed by atoms with van der Waals surface area (Å²) in [5.74, 6) is 1.85. The molecule has 3 heteroatoms. The number of benzene rings is 4. The van der Waals surface area contributed by atoms with Gasteiger partial charge in [-0.15, -0.1) is 0 Å². The molecule has 0 aliphatic carbocycles. The van der Waals surface area contributed by atoms with E-state index in [2.05, 4.69) is 88.0 Å². The molecule has 0 fully saturated rings. The van der Waals surface area contributed by atoms with Gasteiger partial charge in [0.15, 0.2) is 0 Å². The van der Waals surface area contributed by atoms with Gasteiger partial charge in [-0.1, -0.05) is 120 Å².